The molecule has 0 aliphatic carbocycles. The van der Waals surface area contributed by atoms with Gasteiger partial charge in [0.1, 0.15) is 0 Å². The molecule has 1 aromatic rings. The van der Waals surface area contributed by atoms with E-state index in [4.69, 9.17) is 11.6 Å². The molecule has 0 fully saturated rings. The summed E-state index contributed by atoms with van der Waals surface area (Å²) in [6.07, 6.45) is 2.32. The first kappa shape index (κ1) is 12.5. The van der Waals surface area contributed by atoms with E-state index < -0.39 is 0 Å². The van der Waals surface area contributed by atoms with Crippen LogP contribution in [0.25, 0.3) is 0 Å². The zero-order chi connectivity index (χ0) is 11.1. The summed E-state index contributed by atoms with van der Waals surface area (Å²) in [4.78, 5) is 0. The van der Waals surface area contributed by atoms with Crippen molar-refractivity contribution < 1.29 is 0 Å². The molecule has 1 aromatic carbocycles. The first-order chi connectivity index (χ1) is 7.27. The summed E-state index contributed by atoms with van der Waals surface area (Å²) in [7, 11) is 0. The van der Waals surface area contributed by atoms with E-state index in [2.05, 4.69) is 31.3 Å². The summed E-state index contributed by atoms with van der Waals surface area (Å²) in [6.45, 7) is 5.25. The van der Waals surface area contributed by atoms with Crippen molar-refractivity contribution in [3.05, 3.63) is 35.9 Å². The summed E-state index contributed by atoms with van der Waals surface area (Å²) in [5, 5.41) is 3.56. The smallest absolute Gasteiger partial charge is 0.0709 e. The van der Waals surface area contributed by atoms with Gasteiger partial charge in [-0.1, -0.05) is 44.2 Å². The fourth-order valence-corrected chi connectivity index (χ4v) is 1.86. The average Bonchev–Trinajstić information content (AvgIpc) is 2.31. The molecule has 0 radical (unpaired) electrons. The van der Waals surface area contributed by atoms with Crippen LogP contribution in [0.2, 0.25) is 0 Å². The van der Waals surface area contributed by atoms with Gasteiger partial charge in [-0.2, -0.15) is 0 Å². The minimum absolute atomic E-state index is 0.0757. The van der Waals surface area contributed by atoms with Crippen LogP contribution in [0, 0.1) is 0 Å². The van der Waals surface area contributed by atoms with Crippen LogP contribution >= 0.6 is 11.6 Å². The van der Waals surface area contributed by atoms with Crippen LogP contribution in [0.1, 0.15) is 37.6 Å². The zero-order valence-electron chi connectivity index (χ0n) is 9.54. The van der Waals surface area contributed by atoms with Crippen molar-refractivity contribution in [2.45, 2.75) is 38.1 Å². The Labute approximate surface area is 97.8 Å². The van der Waals surface area contributed by atoms with Gasteiger partial charge in [0, 0.05) is 12.6 Å². The zero-order valence-corrected chi connectivity index (χ0v) is 10.3. The number of benzene rings is 1. The van der Waals surface area contributed by atoms with Gasteiger partial charge in [-0.25, -0.2) is 0 Å². The molecule has 0 aliphatic heterocycles. The Morgan fingerprint density at radius 2 is 1.73 bits per heavy atom. The molecule has 0 saturated carbocycles. The highest BCUT2D eigenvalue weighted by molar-refractivity contribution is 6.21. The van der Waals surface area contributed by atoms with Gasteiger partial charge in [-0.05, 0) is 18.4 Å². The molecule has 0 bridgehead atoms. The van der Waals surface area contributed by atoms with Gasteiger partial charge < -0.3 is 5.32 Å². The van der Waals surface area contributed by atoms with Crippen LogP contribution in [0.3, 0.4) is 0 Å². The summed E-state index contributed by atoms with van der Waals surface area (Å²) in [5.41, 5.74) is 1.19. The first-order valence-corrected chi connectivity index (χ1v) is 6.14. The van der Waals surface area contributed by atoms with Crippen molar-refractivity contribution in [1.82, 2.24) is 5.32 Å². The molecule has 0 spiro atoms. The van der Waals surface area contributed by atoms with Crippen LogP contribution in [-0.2, 0) is 0 Å². The summed E-state index contributed by atoms with van der Waals surface area (Å²) < 4.78 is 0. The molecule has 1 rings (SSSR count). The molecule has 0 saturated heterocycles. The number of alkyl halides is 1. The fourth-order valence-electron chi connectivity index (χ4n) is 1.63. The lowest BCUT2D eigenvalue weighted by Gasteiger charge is -2.17. The van der Waals surface area contributed by atoms with Crippen LogP contribution in [0.15, 0.2) is 30.3 Å². The first-order valence-electron chi connectivity index (χ1n) is 5.70. The number of rotatable bonds is 6. The highest BCUT2D eigenvalue weighted by Crippen LogP contribution is 2.19. The molecule has 0 aliphatic rings. The van der Waals surface area contributed by atoms with Gasteiger partial charge in [0.05, 0.1) is 5.38 Å². The van der Waals surface area contributed by atoms with E-state index in [1.165, 1.54) is 5.56 Å². The largest absolute Gasteiger partial charge is 0.312 e. The molecular formula is C13H20ClN. The van der Waals surface area contributed by atoms with E-state index in [0.29, 0.717) is 6.04 Å². The number of nitrogens with one attached hydrogen (secondary N) is 1. The number of hydrogen-bond acceptors (Lipinski definition) is 1. The van der Waals surface area contributed by atoms with Crippen molar-refractivity contribution >= 4 is 11.6 Å². The second kappa shape index (κ2) is 6.86. The summed E-state index contributed by atoms with van der Waals surface area (Å²) in [5.74, 6) is 0. The van der Waals surface area contributed by atoms with Gasteiger partial charge in [0.15, 0.2) is 0 Å². The highest BCUT2D eigenvalue weighted by atomic mass is 35.5. The van der Waals surface area contributed by atoms with Crippen molar-refractivity contribution in [2.24, 2.45) is 0 Å². The van der Waals surface area contributed by atoms with Crippen LogP contribution in [0.5, 0.6) is 0 Å². The van der Waals surface area contributed by atoms with E-state index in [1.54, 1.807) is 0 Å². The summed E-state index contributed by atoms with van der Waals surface area (Å²) >= 11 is 6.30. The minimum Gasteiger partial charge on any atom is -0.312 e. The third-order valence-electron chi connectivity index (χ3n) is 2.73. The Kier molecular flexibility index (Phi) is 5.74. The van der Waals surface area contributed by atoms with Gasteiger partial charge in [0.2, 0.25) is 0 Å². The normalized spacial score (nSPS) is 13.1. The summed E-state index contributed by atoms with van der Waals surface area (Å²) in [6, 6.07) is 10.8. The Morgan fingerprint density at radius 3 is 2.27 bits per heavy atom. The Bertz CT molecular complexity index is 256. The van der Waals surface area contributed by atoms with Crippen molar-refractivity contribution in [1.29, 1.82) is 0 Å². The Balaban J connectivity index is 2.39. The highest BCUT2D eigenvalue weighted by Gasteiger charge is 2.09. The lowest BCUT2D eigenvalue weighted by molar-refractivity contribution is 0.484. The lowest BCUT2D eigenvalue weighted by atomic mass is 10.1. The predicted molar refractivity (Wildman–Crippen MR) is 67.4 cm³/mol. The monoisotopic (exact) mass is 225 g/mol. The van der Waals surface area contributed by atoms with Gasteiger partial charge >= 0.3 is 0 Å². The average molecular weight is 226 g/mol. The topological polar surface area (TPSA) is 12.0 Å². The minimum atomic E-state index is 0.0757. The van der Waals surface area contributed by atoms with Crippen LogP contribution < -0.4 is 5.32 Å². The Morgan fingerprint density at radius 1 is 1.13 bits per heavy atom. The van der Waals surface area contributed by atoms with Crippen LogP contribution in [-0.4, -0.2) is 12.6 Å². The second-order valence-electron chi connectivity index (χ2n) is 3.80. The molecular weight excluding hydrogens is 206 g/mol. The van der Waals surface area contributed by atoms with Gasteiger partial charge in [0.25, 0.3) is 0 Å². The maximum atomic E-state index is 6.30. The SMILES string of the molecule is CCC(CC)NCC(Cl)c1ccccc1. The molecule has 1 atom stereocenters. The van der Waals surface area contributed by atoms with Crippen molar-refractivity contribution in [3.8, 4) is 0 Å². The maximum absolute atomic E-state index is 6.30. The van der Waals surface area contributed by atoms with E-state index in [0.717, 1.165) is 19.4 Å². The van der Waals surface area contributed by atoms with Crippen LogP contribution in [0.4, 0.5) is 0 Å². The quantitative estimate of drug-likeness (QED) is 0.728. The molecule has 84 valence electrons. The van der Waals surface area contributed by atoms with Crippen molar-refractivity contribution in [3.63, 3.8) is 0 Å². The van der Waals surface area contributed by atoms with E-state index in [9.17, 15) is 0 Å². The molecule has 1 N–H and O–H groups in total. The third kappa shape index (κ3) is 4.23. The predicted octanol–water partition coefficient (Wildman–Crippen LogP) is 3.74. The second-order valence-corrected chi connectivity index (χ2v) is 4.33. The third-order valence-corrected chi connectivity index (χ3v) is 3.14. The van der Waals surface area contributed by atoms with E-state index >= 15 is 0 Å². The Hall–Kier alpha value is -0.530. The number of hydrogen-bond donors (Lipinski definition) is 1. The maximum Gasteiger partial charge on any atom is 0.0709 e. The lowest BCUT2D eigenvalue weighted by Crippen LogP contribution is -2.30. The standard InChI is InChI=1S/C13H20ClN/c1-3-12(4-2)15-10-13(14)11-8-6-5-7-9-11/h5-9,12-13,15H,3-4,10H2,1-2H3. The van der Waals surface area contributed by atoms with Crippen molar-refractivity contribution in [2.75, 3.05) is 6.54 Å². The molecule has 0 aromatic heterocycles. The molecule has 15 heavy (non-hydrogen) atoms. The van der Waals surface area contributed by atoms with Gasteiger partial charge in [-0.15, -0.1) is 11.6 Å². The molecule has 1 unspecified atom stereocenters. The van der Waals surface area contributed by atoms with E-state index in [1.807, 2.05) is 18.2 Å². The fraction of sp³-hybridized carbons (Fsp3) is 0.538. The molecule has 0 heterocycles. The van der Waals surface area contributed by atoms with Gasteiger partial charge in [-0.3, -0.25) is 0 Å². The van der Waals surface area contributed by atoms with E-state index in [-0.39, 0.29) is 5.38 Å². The molecule has 1 nitrogen and oxygen atoms in total. The molecule has 0 amide bonds. The number of halogens is 1. The molecule has 2 heteroatoms.